The molecule has 0 atom stereocenters. The van der Waals surface area contributed by atoms with Gasteiger partial charge in [0.25, 0.3) is 6.01 Å². The Bertz CT molecular complexity index is 1080. The second-order valence-electron chi connectivity index (χ2n) is 6.46. The minimum atomic E-state index is -0.603. The highest BCUT2D eigenvalue weighted by atomic mass is 32.2. The first-order chi connectivity index (χ1) is 14.7. The van der Waals surface area contributed by atoms with Crippen LogP contribution in [0.15, 0.2) is 76.7 Å². The van der Waals surface area contributed by atoms with Crippen molar-refractivity contribution in [3.05, 3.63) is 95.6 Å². The smallest absolute Gasteiger partial charge is 0.299 e. The van der Waals surface area contributed by atoms with E-state index < -0.39 is 11.6 Å². The predicted octanol–water partition coefficient (Wildman–Crippen LogP) is 5.41. The van der Waals surface area contributed by atoms with Crippen LogP contribution in [-0.2, 0) is 12.8 Å². The minimum absolute atomic E-state index is 0.00504. The third kappa shape index (κ3) is 5.21. The van der Waals surface area contributed by atoms with Crippen LogP contribution in [0.2, 0.25) is 0 Å². The maximum Gasteiger partial charge on any atom is 0.299 e. The van der Waals surface area contributed by atoms with E-state index in [1.54, 1.807) is 30.2 Å². The predicted molar refractivity (Wildman–Crippen MR) is 112 cm³/mol. The molecule has 2 aromatic heterocycles. The van der Waals surface area contributed by atoms with Crippen molar-refractivity contribution in [3.63, 3.8) is 0 Å². The van der Waals surface area contributed by atoms with Crippen LogP contribution in [-0.4, -0.2) is 20.7 Å². The Kier molecular flexibility index (Phi) is 6.34. The zero-order valence-corrected chi connectivity index (χ0v) is 16.7. The van der Waals surface area contributed by atoms with Gasteiger partial charge in [0.05, 0.1) is 6.20 Å². The van der Waals surface area contributed by atoms with Gasteiger partial charge in [-0.3, -0.25) is 0 Å². The Hall–Kier alpha value is -3.26. The molecule has 0 radical (unpaired) electrons. The summed E-state index contributed by atoms with van der Waals surface area (Å²) >= 11 is 1.61. The number of halogens is 2. The van der Waals surface area contributed by atoms with Crippen molar-refractivity contribution >= 4 is 23.5 Å². The molecule has 0 fully saturated rings. The average molecular weight is 424 g/mol. The lowest BCUT2D eigenvalue weighted by molar-refractivity contribution is 0.511. The molecule has 0 saturated heterocycles. The fraction of sp³-hybridized carbons (Fsp3) is 0.136. The number of benzene rings is 2. The Morgan fingerprint density at radius 1 is 0.900 bits per heavy atom. The Balaban J connectivity index is 1.31. The number of nitrogens with zero attached hydrogens (tertiary/aromatic N) is 3. The van der Waals surface area contributed by atoms with Crippen molar-refractivity contribution in [3.8, 4) is 0 Å². The number of oxazole rings is 1. The van der Waals surface area contributed by atoms with Crippen LogP contribution in [0, 0.1) is 11.6 Å². The summed E-state index contributed by atoms with van der Waals surface area (Å²) in [7, 11) is 0. The highest BCUT2D eigenvalue weighted by Crippen LogP contribution is 2.22. The van der Waals surface area contributed by atoms with Crippen LogP contribution >= 0.6 is 11.8 Å². The molecule has 5 nitrogen and oxygen atoms in total. The number of hydrogen-bond donors (Lipinski definition) is 1. The summed E-state index contributed by atoms with van der Waals surface area (Å²) in [4.78, 5) is 12.5. The van der Waals surface area contributed by atoms with E-state index in [0.717, 1.165) is 23.0 Å². The van der Waals surface area contributed by atoms with Crippen LogP contribution in [0.25, 0.3) is 0 Å². The van der Waals surface area contributed by atoms with Crippen molar-refractivity contribution in [1.82, 2.24) is 15.0 Å². The molecule has 0 unspecified atom stereocenters. The number of thioether (sulfide) groups is 1. The summed E-state index contributed by atoms with van der Waals surface area (Å²) in [5.74, 6) is 0.0483. The lowest BCUT2D eigenvalue weighted by atomic mass is 10.1. The Morgan fingerprint density at radius 3 is 2.37 bits per heavy atom. The van der Waals surface area contributed by atoms with Gasteiger partial charge in [-0.05, 0) is 42.3 Å². The summed E-state index contributed by atoms with van der Waals surface area (Å²) in [6, 6.07) is 13.7. The molecule has 0 spiro atoms. The van der Waals surface area contributed by atoms with Gasteiger partial charge >= 0.3 is 0 Å². The normalized spacial score (nSPS) is 10.9. The van der Waals surface area contributed by atoms with Gasteiger partial charge < -0.3 is 9.73 Å². The molecule has 4 rings (SSSR count). The first-order valence-electron chi connectivity index (χ1n) is 9.31. The topological polar surface area (TPSA) is 63.8 Å². The van der Waals surface area contributed by atoms with Gasteiger partial charge in [0.2, 0.25) is 0 Å². The number of rotatable bonds is 8. The summed E-state index contributed by atoms with van der Waals surface area (Å²) in [5.41, 5.74) is 1.96. The van der Waals surface area contributed by atoms with E-state index in [1.165, 1.54) is 30.0 Å². The van der Waals surface area contributed by atoms with E-state index in [-0.39, 0.29) is 18.0 Å². The van der Waals surface area contributed by atoms with E-state index in [4.69, 9.17) is 4.42 Å². The fourth-order valence-corrected chi connectivity index (χ4v) is 3.61. The molecule has 2 aromatic carbocycles. The largest absolute Gasteiger partial charge is 0.428 e. The van der Waals surface area contributed by atoms with Gasteiger partial charge in [0, 0.05) is 35.8 Å². The van der Waals surface area contributed by atoms with Gasteiger partial charge in [-0.1, -0.05) is 30.0 Å². The van der Waals surface area contributed by atoms with Gasteiger partial charge in [-0.15, -0.1) is 0 Å². The van der Waals surface area contributed by atoms with E-state index in [0.29, 0.717) is 5.76 Å². The summed E-state index contributed by atoms with van der Waals surface area (Å²) in [6.07, 6.45) is 5.81. The molecule has 2 heterocycles. The number of nitrogens with one attached hydrogen (secondary N) is 1. The summed E-state index contributed by atoms with van der Waals surface area (Å²) in [6.45, 7) is 0. The van der Waals surface area contributed by atoms with E-state index in [9.17, 15) is 8.78 Å². The Morgan fingerprint density at radius 2 is 1.63 bits per heavy atom. The van der Waals surface area contributed by atoms with Crippen LogP contribution < -0.4 is 5.32 Å². The zero-order valence-electron chi connectivity index (χ0n) is 15.9. The third-order valence-corrected chi connectivity index (χ3v) is 5.21. The molecule has 0 aliphatic heterocycles. The molecule has 0 bridgehead atoms. The highest BCUT2D eigenvalue weighted by molar-refractivity contribution is 7.99. The van der Waals surface area contributed by atoms with Crippen molar-refractivity contribution < 1.29 is 13.2 Å². The molecule has 1 N–H and O–H groups in total. The molecule has 30 heavy (non-hydrogen) atoms. The lowest BCUT2D eigenvalue weighted by Crippen LogP contribution is -1.96. The third-order valence-electron chi connectivity index (χ3n) is 4.34. The molecule has 152 valence electrons. The van der Waals surface area contributed by atoms with Crippen LogP contribution in [0.5, 0.6) is 0 Å². The van der Waals surface area contributed by atoms with Crippen molar-refractivity contribution in [1.29, 1.82) is 0 Å². The quantitative estimate of drug-likeness (QED) is 0.301. The van der Waals surface area contributed by atoms with Crippen LogP contribution in [0.4, 0.5) is 20.5 Å². The van der Waals surface area contributed by atoms with Crippen molar-refractivity contribution in [2.75, 3.05) is 11.1 Å². The van der Waals surface area contributed by atoms with Crippen LogP contribution in [0.3, 0.4) is 0 Å². The van der Waals surface area contributed by atoms with Gasteiger partial charge in [0.1, 0.15) is 17.4 Å². The SMILES string of the molecule is Fc1cccc(F)c1Cc1cnc(Nc2ccc(CCSc3ncccn3)cc2)o1. The number of hydrogen-bond acceptors (Lipinski definition) is 6. The van der Waals surface area contributed by atoms with Crippen molar-refractivity contribution in [2.45, 2.75) is 18.0 Å². The first kappa shape index (κ1) is 20.0. The standard InChI is InChI=1S/C22H18F2N4OS/c23-19-3-1-4-20(24)18(19)13-17-14-27-21(29-17)28-16-7-5-15(6-8-16)9-12-30-22-25-10-2-11-26-22/h1-8,10-11,14H,9,12-13H2,(H,27,28). The molecule has 8 heteroatoms. The van der Waals surface area contributed by atoms with Crippen LogP contribution in [0.1, 0.15) is 16.9 Å². The lowest BCUT2D eigenvalue weighted by Gasteiger charge is -2.05. The Labute approximate surface area is 176 Å². The second kappa shape index (κ2) is 9.49. The molecule has 0 aliphatic carbocycles. The van der Waals surface area contributed by atoms with Crippen molar-refractivity contribution in [2.24, 2.45) is 0 Å². The highest BCUT2D eigenvalue weighted by Gasteiger charge is 2.12. The molecule has 0 amide bonds. The maximum atomic E-state index is 13.8. The van der Waals surface area contributed by atoms with Gasteiger partial charge in [-0.2, -0.15) is 0 Å². The monoisotopic (exact) mass is 424 g/mol. The van der Waals surface area contributed by atoms with E-state index in [2.05, 4.69) is 20.3 Å². The molecule has 0 saturated carbocycles. The molecular formula is C22H18F2N4OS. The maximum absolute atomic E-state index is 13.8. The summed E-state index contributed by atoms with van der Waals surface area (Å²) < 4.78 is 33.1. The zero-order chi connectivity index (χ0) is 20.8. The number of anilines is 2. The van der Waals surface area contributed by atoms with E-state index >= 15 is 0 Å². The average Bonchev–Trinajstić information content (AvgIpc) is 3.20. The van der Waals surface area contributed by atoms with Gasteiger partial charge in [-0.25, -0.2) is 23.7 Å². The molecule has 0 aliphatic rings. The summed E-state index contributed by atoms with van der Waals surface area (Å²) in [5, 5.41) is 3.83. The second-order valence-corrected chi connectivity index (χ2v) is 7.52. The van der Waals surface area contributed by atoms with Gasteiger partial charge in [0.15, 0.2) is 5.16 Å². The number of aromatic nitrogens is 3. The molecular weight excluding hydrogens is 406 g/mol. The first-order valence-corrected chi connectivity index (χ1v) is 10.3. The fourth-order valence-electron chi connectivity index (χ4n) is 2.82. The minimum Gasteiger partial charge on any atom is -0.428 e. The number of aryl methyl sites for hydroxylation is 1. The molecule has 4 aromatic rings. The van der Waals surface area contributed by atoms with E-state index in [1.807, 2.05) is 24.3 Å².